The van der Waals surface area contributed by atoms with Gasteiger partial charge in [-0.1, -0.05) is 11.3 Å². The van der Waals surface area contributed by atoms with Crippen LogP contribution < -0.4 is 16.0 Å². The number of nitrogens with zero attached hydrogens (tertiary/aromatic N) is 5. The fourth-order valence-electron chi connectivity index (χ4n) is 4.22. The molecule has 1 amide bonds. The van der Waals surface area contributed by atoms with Gasteiger partial charge in [-0.2, -0.15) is 0 Å². The first-order valence-corrected chi connectivity index (χ1v) is 11.9. The molecule has 0 saturated carbocycles. The fourth-order valence-corrected chi connectivity index (χ4v) is 5.05. The minimum Gasteiger partial charge on any atom is -0.395 e. The Morgan fingerprint density at radius 2 is 1.79 bits per heavy atom. The van der Waals surface area contributed by atoms with Gasteiger partial charge in [0.05, 0.1) is 12.3 Å². The highest BCUT2D eigenvalue weighted by Crippen LogP contribution is 2.36. The van der Waals surface area contributed by atoms with Crippen LogP contribution in [0.25, 0.3) is 11.3 Å². The molecular formula is C23H28FN7O2S. The van der Waals surface area contributed by atoms with Gasteiger partial charge in [-0.05, 0) is 44.0 Å². The van der Waals surface area contributed by atoms with Crippen LogP contribution in [0.15, 0.2) is 18.2 Å². The van der Waals surface area contributed by atoms with Crippen LogP contribution in [0.4, 0.5) is 21.2 Å². The fraction of sp³-hybridized carbons (Fsp3) is 0.391. The summed E-state index contributed by atoms with van der Waals surface area (Å²) in [6.07, 6.45) is 0. The number of piperazine rings is 1. The SMILES string of the molecule is Cc1nc(Nc2nc(-c3c(C)cc(F)cc3C)c(C(N)=O)s2)cc(N2CCN(CCO)CC2)n1. The van der Waals surface area contributed by atoms with Crippen molar-refractivity contribution in [3.63, 3.8) is 0 Å². The Morgan fingerprint density at radius 1 is 1.12 bits per heavy atom. The molecule has 180 valence electrons. The van der Waals surface area contributed by atoms with E-state index in [2.05, 4.69) is 30.1 Å². The molecule has 0 radical (unpaired) electrons. The molecule has 0 spiro atoms. The summed E-state index contributed by atoms with van der Waals surface area (Å²) < 4.78 is 13.8. The largest absolute Gasteiger partial charge is 0.395 e. The highest BCUT2D eigenvalue weighted by molar-refractivity contribution is 7.18. The van der Waals surface area contributed by atoms with Crippen LogP contribution in [-0.4, -0.2) is 70.2 Å². The van der Waals surface area contributed by atoms with E-state index in [0.717, 1.165) is 43.3 Å². The Balaban J connectivity index is 1.62. The van der Waals surface area contributed by atoms with E-state index in [1.54, 1.807) is 13.8 Å². The van der Waals surface area contributed by atoms with Gasteiger partial charge in [0.2, 0.25) is 0 Å². The maximum Gasteiger partial charge on any atom is 0.261 e. The van der Waals surface area contributed by atoms with Crippen LogP contribution in [0, 0.1) is 26.6 Å². The predicted molar refractivity (Wildman–Crippen MR) is 131 cm³/mol. The molecule has 1 saturated heterocycles. The van der Waals surface area contributed by atoms with E-state index in [9.17, 15) is 9.18 Å². The maximum absolute atomic E-state index is 13.8. The lowest BCUT2D eigenvalue weighted by Gasteiger charge is -2.35. The number of hydrogen-bond acceptors (Lipinski definition) is 9. The van der Waals surface area contributed by atoms with Gasteiger partial charge in [-0.25, -0.2) is 19.3 Å². The Bertz CT molecular complexity index is 1190. The smallest absolute Gasteiger partial charge is 0.261 e. The summed E-state index contributed by atoms with van der Waals surface area (Å²) in [7, 11) is 0. The van der Waals surface area contributed by atoms with Crippen LogP contribution in [0.1, 0.15) is 26.6 Å². The molecule has 1 fully saturated rings. The molecule has 0 aliphatic carbocycles. The van der Waals surface area contributed by atoms with E-state index in [1.807, 2.05) is 13.0 Å². The Kier molecular flexibility index (Phi) is 7.05. The highest BCUT2D eigenvalue weighted by atomic mass is 32.1. The van der Waals surface area contributed by atoms with E-state index < -0.39 is 5.91 Å². The maximum atomic E-state index is 13.8. The number of β-amino-alcohol motifs (C(OH)–C–C–N with tert-alkyl or cyclic N) is 1. The average Bonchev–Trinajstić information content (AvgIpc) is 3.17. The lowest BCUT2D eigenvalue weighted by molar-refractivity contribution is 0.100. The summed E-state index contributed by atoms with van der Waals surface area (Å²) in [5, 5.41) is 12.8. The number of carbonyl (C=O) groups is 1. The lowest BCUT2D eigenvalue weighted by atomic mass is 9.99. The molecule has 4 rings (SSSR count). The predicted octanol–water partition coefficient (Wildman–Crippen LogP) is 2.62. The van der Waals surface area contributed by atoms with Gasteiger partial charge in [0.25, 0.3) is 5.91 Å². The van der Waals surface area contributed by atoms with Crippen molar-refractivity contribution in [2.24, 2.45) is 5.73 Å². The van der Waals surface area contributed by atoms with Crippen molar-refractivity contribution in [2.45, 2.75) is 20.8 Å². The van der Waals surface area contributed by atoms with Gasteiger partial charge in [0.1, 0.15) is 28.2 Å². The minimum absolute atomic E-state index is 0.154. The van der Waals surface area contributed by atoms with Crippen molar-refractivity contribution >= 4 is 34.0 Å². The van der Waals surface area contributed by atoms with E-state index in [4.69, 9.17) is 10.8 Å². The molecule has 0 atom stereocenters. The molecule has 4 N–H and O–H groups in total. The first kappa shape index (κ1) is 24.0. The molecule has 0 bridgehead atoms. The van der Waals surface area contributed by atoms with Crippen molar-refractivity contribution in [3.8, 4) is 11.3 Å². The zero-order valence-electron chi connectivity index (χ0n) is 19.4. The standard InChI is InChI=1S/C23H28FN7O2S/c1-13-10-16(24)11-14(2)19(13)20-21(22(25)33)34-23(29-20)28-17-12-18(27-15(3)26-17)31-6-4-30(5-7-31)8-9-32/h10-12,32H,4-9H2,1-3H3,(H2,25,33)(H,26,27,28,29). The molecule has 11 heteroatoms. The monoisotopic (exact) mass is 485 g/mol. The lowest BCUT2D eigenvalue weighted by Crippen LogP contribution is -2.47. The van der Waals surface area contributed by atoms with Crippen molar-refractivity contribution in [3.05, 3.63) is 45.8 Å². The summed E-state index contributed by atoms with van der Waals surface area (Å²) in [4.78, 5) is 30.6. The van der Waals surface area contributed by atoms with Gasteiger partial charge in [-0.3, -0.25) is 9.69 Å². The number of amides is 1. The number of primary amides is 1. The molecule has 9 nitrogen and oxygen atoms in total. The third-order valence-electron chi connectivity index (χ3n) is 5.76. The van der Waals surface area contributed by atoms with Crippen molar-refractivity contribution in [1.82, 2.24) is 19.9 Å². The van der Waals surface area contributed by atoms with Gasteiger partial charge in [0.15, 0.2) is 5.13 Å². The van der Waals surface area contributed by atoms with Crippen molar-refractivity contribution in [1.29, 1.82) is 0 Å². The molecule has 0 unspecified atom stereocenters. The number of aliphatic hydroxyl groups is 1. The minimum atomic E-state index is -0.594. The molecule has 3 heterocycles. The van der Waals surface area contributed by atoms with Gasteiger partial charge in [0, 0.05) is 44.4 Å². The summed E-state index contributed by atoms with van der Waals surface area (Å²) >= 11 is 1.14. The number of aromatic nitrogens is 3. The topological polar surface area (TPSA) is 120 Å². The van der Waals surface area contributed by atoms with Crippen molar-refractivity contribution < 1.29 is 14.3 Å². The zero-order chi connectivity index (χ0) is 24.4. The number of halogens is 1. The van der Waals surface area contributed by atoms with E-state index in [-0.39, 0.29) is 12.4 Å². The molecule has 3 aromatic rings. The quantitative estimate of drug-likeness (QED) is 0.467. The van der Waals surface area contributed by atoms with Gasteiger partial charge < -0.3 is 21.1 Å². The number of nitrogens with one attached hydrogen (secondary N) is 1. The average molecular weight is 486 g/mol. The third kappa shape index (κ3) is 5.16. The number of nitrogens with two attached hydrogens (primary N) is 1. The molecule has 1 aliphatic heterocycles. The number of rotatable bonds is 7. The summed E-state index contributed by atoms with van der Waals surface area (Å²) in [5.74, 6) is 1.04. The first-order chi connectivity index (χ1) is 16.2. The zero-order valence-corrected chi connectivity index (χ0v) is 20.2. The number of benzene rings is 1. The Labute approximate surface area is 201 Å². The number of thiazole rings is 1. The number of anilines is 3. The number of aryl methyl sites for hydroxylation is 3. The molecule has 1 aliphatic rings. The first-order valence-electron chi connectivity index (χ1n) is 11.0. The Morgan fingerprint density at radius 3 is 2.41 bits per heavy atom. The van der Waals surface area contributed by atoms with Crippen LogP contribution in [0.5, 0.6) is 0 Å². The number of hydrogen-bond donors (Lipinski definition) is 3. The summed E-state index contributed by atoms with van der Waals surface area (Å²) in [6, 6.07) is 4.69. The second kappa shape index (κ2) is 10.00. The third-order valence-corrected chi connectivity index (χ3v) is 6.74. The number of carbonyl (C=O) groups excluding carboxylic acids is 1. The van der Waals surface area contributed by atoms with Crippen molar-refractivity contribution in [2.75, 3.05) is 49.5 Å². The second-order valence-corrected chi connectivity index (χ2v) is 9.31. The normalized spacial score (nSPS) is 14.4. The number of aliphatic hydroxyl groups excluding tert-OH is 1. The van der Waals surface area contributed by atoms with Gasteiger partial charge in [-0.15, -0.1) is 0 Å². The van der Waals surface area contributed by atoms with Gasteiger partial charge >= 0.3 is 0 Å². The highest BCUT2D eigenvalue weighted by Gasteiger charge is 2.22. The molecule has 1 aromatic carbocycles. The molecular weight excluding hydrogens is 457 g/mol. The van der Waals surface area contributed by atoms with E-state index >= 15 is 0 Å². The Hall–Kier alpha value is -3.15. The van der Waals surface area contributed by atoms with Crippen LogP contribution >= 0.6 is 11.3 Å². The molecule has 34 heavy (non-hydrogen) atoms. The van der Waals surface area contributed by atoms with E-state index in [0.29, 0.717) is 50.6 Å². The van der Waals surface area contributed by atoms with Crippen LogP contribution in [0.2, 0.25) is 0 Å². The van der Waals surface area contributed by atoms with E-state index in [1.165, 1.54) is 12.1 Å². The summed E-state index contributed by atoms with van der Waals surface area (Å²) in [6.45, 7) is 9.50. The molecule has 2 aromatic heterocycles. The van der Waals surface area contributed by atoms with Crippen LogP contribution in [0.3, 0.4) is 0 Å². The summed E-state index contributed by atoms with van der Waals surface area (Å²) in [5.41, 5.74) is 8.13. The second-order valence-electron chi connectivity index (χ2n) is 8.31. The van der Waals surface area contributed by atoms with Crippen LogP contribution in [-0.2, 0) is 0 Å².